The van der Waals surface area contributed by atoms with Crippen LogP contribution in [0.4, 0.5) is 0 Å². The zero-order chi connectivity index (χ0) is 13.0. The molecule has 0 aliphatic heterocycles. The lowest BCUT2D eigenvalue weighted by Crippen LogP contribution is -2.44. The summed E-state index contributed by atoms with van der Waals surface area (Å²) in [6.45, 7) is 4.44. The van der Waals surface area contributed by atoms with Crippen LogP contribution in [-0.2, 0) is 4.74 Å². The van der Waals surface area contributed by atoms with E-state index in [0.29, 0.717) is 18.2 Å². The Morgan fingerprint density at radius 1 is 1.22 bits per heavy atom. The van der Waals surface area contributed by atoms with Gasteiger partial charge in [0.25, 0.3) is 0 Å². The summed E-state index contributed by atoms with van der Waals surface area (Å²) in [6, 6.07) is 9.52. The van der Waals surface area contributed by atoms with Gasteiger partial charge in [0.05, 0.1) is 6.10 Å². The van der Waals surface area contributed by atoms with Crippen LogP contribution in [-0.4, -0.2) is 19.3 Å². The molecule has 18 heavy (non-hydrogen) atoms. The molecule has 0 spiro atoms. The van der Waals surface area contributed by atoms with Gasteiger partial charge in [-0.1, -0.05) is 37.1 Å². The van der Waals surface area contributed by atoms with Gasteiger partial charge < -0.3 is 10.1 Å². The molecule has 2 heteroatoms. The van der Waals surface area contributed by atoms with Gasteiger partial charge in [0.2, 0.25) is 0 Å². The van der Waals surface area contributed by atoms with Gasteiger partial charge in [0.1, 0.15) is 0 Å². The summed E-state index contributed by atoms with van der Waals surface area (Å²) in [5, 5.41) is 3.75. The van der Waals surface area contributed by atoms with E-state index >= 15 is 0 Å². The van der Waals surface area contributed by atoms with E-state index in [1.165, 1.54) is 36.8 Å². The van der Waals surface area contributed by atoms with Crippen molar-refractivity contribution in [3.63, 3.8) is 0 Å². The number of ether oxygens (including phenoxy) is 1. The number of hydrogen-bond donors (Lipinski definition) is 1. The van der Waals surface area contributed by atoms with E-state index in [2.05, 4.69) is 43.4 Å². The number of rotatable bonds is 4. The predicted molar refractivity (Wildman–Crippen MR) is 75.8 cm³/mol. The van der Waals surface area contributed by atoms with Crippen LogP contribution in [0.3, 0.4) is 0 Å². The minimum atomic E-state index is 0.380. The van der Waals surface area contributed by atoms with E-state index in [0.717, 1.165) is 0 Å². The molecule has 1 N–H and O–H groups in total. The Balaban J connectivity index is 2.02. The van der Waals surface area contributed by atoms with Gasteiger partial charge in [-0.15, -0.1) is 0 Å². The number of methoxy groups -OCH3 is 1. The third-order valence-corrected chi connectivity index (χ3v) is 4.12. The maximum atomic E-state index is 5.61. The van der Waals surface area contributed by atoms with Crippen molar-refractivity contribution in [3.05, 3.63) is 35.4 Å². The van der Waals surface area contributed by atoms with Gasteiger partial charge in [-0.3, -0.25) is 0 Å². The lowest BCUT2D eigenvalue weighted by Gasteiger charge is -2.33. The summed E-state index contributed by atoms with van der Waals surface area (Å²) >= 11 is 0. The maximum Gasteiger partial charge on any atom is 0.0724 e. The van der Waals surface area contributed by atoms with Crippen LogP contribution >= 0.6 is 0 Å². The second-order valence-electron chi connectivity index (χ2n) is 5.41. The highest BCUT2D eigenvalue weighted by Gasteiger charge is 2.26. The molecule has 0 amide bonds. The van der Waals surface area contributed by atoms with Crippen LogP contribution in [0.2, 0.25) is 0 Å². The highest BCUT2D eigenvalue weighted by Crippen LogP contribution is 2.24. The molecule has 2 unspecified atom stereocenters. The lowest BCUT2D eigenvalue weighted by atomic mass is 9.91. The zero-order valence-electron chi connectivity index (χ0n) is 11.8. The molecule has 1 saturated carbocycles. The van der Waals surface area contributed by atoms with Crippen molar-refractivity contribution >= 4 is 0 Å². The molecule has 1 aromatic carbocycles. The fourth-order valence-corrected chi connectivity index (χ4v) is 3.05. The van der Waals surface area contributed by atoms with Gasteiger partial charge in [-0.05, 0) is 37.8 Å². The molecular formula is C16H25NO. The number of benzene rings is 1. The molecule has 2 nitrogen and oxygen atoms in total. The topological polar surface area (TPSA) is 21.3 Å². The van der Waals surface area contributed by atoms with Crippen molar-refractivity contribution in [2.75, 3.05) is 7.11 Å². The fourth-order valence-electron chi connectivity index (χ4n) is 3.05. The van der Waals surface area contributed by atoms with Crippen LogP contribution in [0, 0.1) is 6.92 Å². The highest BCUT2D eigenvalue weighted by atomic mass is 16.5. The SMILES string of the molecule is COC1CCCCC1N[C@H](C)c1ccccc1C. The molecule has 3 atom stereocenters. The summed E-state index contributed by atoms with van der Waals surface area (Å²) in [5.74, 6) is 0. The number of nitrogens with one attached hydrogen (secondary N) is 1. The first kappa shape index (κ1) is 13.6. The fraction of sp³-hybridized carbons (Fsp3) is 0.625. The van der Waals surface area contributed by atoms with Gasteiger partial charge in [0.15, 0.2) is 0 Å². The number of aryl methyl sites for hydroxylation is 1. The van der Waals surface area contributed by atoms with Crippen LogP contribution in [0.5, 0.6) is 0 Å². The van der Waals surface area contributed by atoms with Crippen molar-refractivity contribution in [2.24, 2.45) is 0 Å². The average molecular weight is 247 g/mol. The third-order valence-electron chi connectivity index (χ3n) is 4.12. The smallest absolute Gasteiger partial charge is 0.0724 e. The van der Waals surface area contributed by atoms with Crippen LogP contribution < -0.4 is 5.32 Å². The quantitative estimate of drug-likeness (QED) is 0.877. The molecule has 0 radical (unpaired) electrons. The Morgan fingerprint density at radius 2 is 1.94 bits per heavy atom. The van der Waals surface area contributed by atoms with E-state index in [1.807, 2.05) is 7.11 Å². The molecule has 1 aliphatic carbocycles. The first-order chi connectivity index (χ1) is 8.72. The van der Waals surface area contributed by atoms with Gasteiger partial charge >= 0.3 is 0 Å². The maximum absolute atomic E-state index is 5.61. The highest BCUT2D eigenvalue weighted by molar-refractivity contribution is 5.28. The predicted octanol–water partition coefficient (Wildman–Crippen LogP) is 3.60. The van der Waals surface area contributed by atoms with E-state index in [9.17, 15) is 0 Å². The Hall–Kier alpha value is -0.860. The Morgan fingerprint density at radius 3 is 2.67 bits per heavy atom. The van der Waals surface area contributed by atoms with Crippen molar-refractivity contribution in [3.8, 4) is 0 Å². The van der Waals surface area contributed by atoms with Crippen molar-refractivity contribution in [2.45, 2.75) is 57.7 Å². The number of hydrogen-bond acceptors (Lipinski definition) is 2. The van der Waals surface area contributed by atoms with Crippen molar-refractivity contribution in [1.29, 1.82) is 0 Å². The Kier molecular flexibility index (Phi) is 4.79. The summed E-state index contributed by atoms with van der Waals surface area (Å²) < 4.78 is 5.61. The van der Waals surface area contributed by atoms with Crippen LogP contribution in [0.1, 0.15) is 49.8 Å². The monoisotopic (exact) mass is 247 g/mol. The molecule has 100 valence electrons. The largest absolute Gasteiger partial charge is 0.380 e. The third kappa shape index (κ3) is 3.12. The van der Waals surface area contributed by atoms with Crippen LogP contribution in [0.15, 0.2) is 24.3 Å². The Bertz CT molecular complexity index is 377. The van der Waals surface area contributed by atoms with Gasteiger partial charge in [-0.25, -0.2) is 0 Å². The summed E-state index contributed by atoms with van der Waals surface area (Å²) in [7, 11) is 1.84. The summed E-state index contributed by atoms with van der Waals surface area (Å²) in [5.41, 5.74) is 2.76. The second kappa shape index (κ2) is 6.35. The first-order valence-electron chi connectivity index (χ1n) is 7.06. The first-order valence-corrected chi connectivity index (χ1v) is 7.06. The van der Waals surface area contributed by atoms with Crippen LogP contribution in [0.25, 0.3) is 0 Å². The standard InChI is InChI=1S/C16H25NO/c1-12-8-4-5-9-14(12)13(2)17-15-10-6-7-11-16(15)18-3/h4-5,8-9,13,15-17H,6-7,10-11H2,1-3H3/t13-,15?,16?/m1/s1. The van der Waals surface area contributed by atoms with Crippen molar-refractivity contribution < 1.29 is 4.74 Å². The molecule has 1 aliphatic rings. The molecule has 0 bridgehead atoms. The van der Waals surface area contributed by atoms with E-state index < -0.39 is 0 Å². The zero-order valence-corrected chi connectivity index (χ0v) is 11.8. The Labute approximate surface area is 111 Å². The molecule has 2 rings (SSSR count). The lowest BCUT2D eigenvalue weighted by molar-refractivity contribution is 0.0383. The molecule has 0 heterocycles. The second-order valence-corrected chi connectivity index (χ2v) is 5.41. The van der Waals surface area contributed by atoms with Gasteiger partial charge in [0, 0.05) is 19.2 Å². The minimum Gasteiger partial charge on any atom is -0.380 e. The van der Waals surface area contributed by atoms with E-state index in [-0.39, 0.29) is 0 Å². The summed E-state index contributed by atoms with van der Waals surface area (Å²) in [6.07, 6.45) is 5.42. The average Bonchev–Trinajstić information content (AvgIpc) is 2.39. The van der Waals surface area contributed by atoms with E-state index in [4.69, 9.17) is 4.74 Å². The van der Waals surface area contributed by atoms with E-state index in [1.54, 1.807) is 0 Å². The normalized spacial score (nSPS) is 25.9. The van der Waals surface area contributed by atoms with Crippen molar-refractivity contribution in [1.82, 2.24) is 5.32 Å². The molecule has 0 saturated heterocycles. The molecule has 0 aromatic heterocycles. The summed E-state index contributed by atoms with van der Waals surface area (Å²) in [4.78, 5) is 0. The molecule has 1 fully saturated rings. The van der Waals surface area contributed by atoms with Gasteiger partial charge in [-0.2, -0.15) is 0 Å². The molecular weight excluding hydrogens is 222 g/mol. The molecule has 1 aromatic rings. The minimum absolute atomic E-state index is 0.380.